The Morgan fingerprint density at radius 1 is 1.20 bits per heavy atom. The number of aromatic nitrogens is 2. The van der Waals surface area contributed by atoms with Crippen LogP contribution in [0.25, 0.3) is 0 Å². The summed E-state index contributed by atoms with van der Waals surface area (Å²) >= 11 is 0. The molecule has 0 aliphatic carbocycles. The molecule has 0 atom stereocenters. The van der Waals surface area contributed by atoms with Crippen molar-refractivity contribution >= 4 is 11.6 Å². The predicted octanol–water partition coefficient (Wildman–Crippen LogP) is 2.17. The van der Waals surface area contributed by atoms with Crippen LogP contribution in [-0.2, 0) is 6.18 Å². The average molecular weight is 303 g/mol. The monoisotopic (exact) mass is 303 g/mol. The third kappa shape index (κ3) is 4.72. The van der Waals surface area contributed by atoms with Gasteiger partial charge in [0.2, 0.25) is 5.82 Å². The van der Waals surface area contributed by atoms with E-state index in [-0.39, 0.29) is 11.6 Å². The number of nitrogens with zero attached hydrogens (tertiary/aromatic N) is 3. The van der Waals surface area contributed by atoms with Crippen LogP contribution in [0.5, 0.6) is 0 Å². The first-order valence-electron chi connectivity index (χ1n) is 5.23. The van der Waals surface area contributed by atoms with E-state index in [9.17, 15) is 26.3 Å². The molecule has 5 nitrogen and oxygen atoms in total. The number of hydrazine groups is 1. The predicted molar refractivity (Wildman–Crippen MR) is 58.8 cm³/mol. The molecule has 114 valence electrons. The van der Waals surface area contributed by atoms with Gasteiger partial charge in [-0.2, -0.15) is 26.3 Å². The lowest BCUT2D eigenvalue weighted by Crippen LogP contribution is -2.26. The van der Waals surface area contributed by atoms with E-state index >= 15 is 0 Å². The van der Waals surface area contributed by atoms with Gasteiger partial charge in [0.15, 0.2) is 0 Å². The van der Waals surface area contributed by atoms with Gasteiger partial charge in [0.25, 0.3) is 0 Å². The Morgan fingerprint density at radius 2 is 1.80 bits per heavy atom. The summed E-state index contributed by atoms with van der Waals surface area (Å²) in [5, 5.41) is 0. The summed E-state index contributed by atoms with van der Waals surface area (Å²) in [6.45, 7) is -0.540. The Hall–Kier alpha value is -1.78. The minimum absolute atomic E-state index is 0.315. The van der Waals surface area contributed by atoms with Crippen molar-refractivity contribution in [3.8, 4) is 0 Å². The lowest BCUT2D eigenvalue weighted by Gasteiger charge is -2.20. The quantitative estimate of drug-likeness (QED) is 0.507. The summed E-state index contributed by atoms with van der Waals surface area (Å²) in [5.74, 6) is 2.82. The minimum Gasteiger partial charge on any atom is -0.359 e. The lowest BCUT2D eigenvalue weighted by molar-refractivity contribution is -0.145. The highest BCUT2D eigenvalue weighted by atomic mass is 19.4. The molecule has 0 aromatic carbocycles. The third-order valence-corrected chi connectivity index (χ3v) is 2.24. The highest BCUT2D eigenvalue weighted by Crippen LogP contribution is 2.29. The molecule has 1 aromatic rings. The molecule has 0 bridgehead atoms. The van der Waals surface area contributed by atoms with E-state index in [4.69, 9.17) is 5.84 Å². The van der Waals surface area contributed by atoms with E-state index < -0.39 is 31.1 Å². The Labute approximate surface area is 109 Å². The Balaban J connectivity index is 2.99. The van der Waals surface area contributed by atoms with E-state index in [0.29, 0.717) is 0 Å². The van der Waals surface area contributed by atoms with E-state index in [1.54, 1.807) is 0 Å². The van der Waals surface area contributed by atoms with Gasteiger partial charge in [-0.1, -0.05) is 0 Å². The molecule has 0 aliphatic heterocycles. The molecule has 0 radical (unpaired) electrons. The van der Waals surface area contributed by atoms with Crippen molar-refractivity contribution < 1.29 is 26.3 Å². The van der Waals surface area contributed by atoms with Crippen LogP contribution in [0.3, 0.4) is 0 Å². The molecular weight excluding hydrogens is 292 g/mol. The van der Waals surface area contributed by atoms with Gasteiger partial charge in [-0.25, -0.2) is 15.8 Å². The first kappa shape index (κ1) is 16.3. The van der Waals surface area contributed by atoms with E-state index in [0.717, 1.165) is 11.0 Å². The van der Waals surface area contributed by atoms with Crippen LogP contribution >= 0.6 is 0 Å². The van der Waals surface area contributed by atoms with Crippen LogP contribution in [0, 0.1) is 0 Å². The highest BCUT2D eigenvalue weighted by molar-refractivity contribution is 5.48. The van der Waals surface area contributed by atoms with Crippen LogP contribution in [-0.4, -0.2) is 29.7 Å². The molecule has 0 saturated heterocycles. The number of anilines is 2. The Bertz CT molecular complexity index is 457. The van der Waals surface area contributed by atoms with Gasteiger partial charge in [-0.3, -0.25) is 0 Å². The zero-order valence-corrected chi connectivity index (χ0v) is 10.2. The van der Waals surface area contributed by atoms with Gasteiger partial charge in [-0.05, 0) is 0 Å². The van der Waals surface area contributed by atoms with Gasteiger partial charge in [0.05, 0.1) is 6.42 Å². The second-order valence-corrected chi connectivity index (χ2v) is 3.86. The second-order valence-electron chi connectivity index (χ2n) is 3.86. The van der Waals surface area contributed by atoms with Crippen LogP contribution in [0.4, 0.5) is 38.0 Å². The molecular formula is C9H11F6N5. The topological polar surface area (TPSA) is 67.1 Å². The highest BCUT2D eigenvalue weighted by Gasteiger charge is 2.36. The SMILES string of the molecule is CN(CCC(F)(F)F)c1cc(NN)nc(C(F)(F)F)n1. The van der Waals surface area contributed by atoms with Crippen LogP contribution in [0.1, 0.15) is 12.2 Å². The molecule has 0 fully saturated rings. The first-order chi connectivity index (χ1) is 9.03. The largest absolute Gasteiger partial charge is 0.451 e. The van der Waals surface area contributed by atoms with Gasteiger partial charge in [0.1, 0.15) is 11.6 Å². The van der Waals surface area contributed by atoms with Crippen molar-refractivity contribution in [2.24, 2.45) is 5.84 Å². The Morgan fingerprint density at radius 3 is 2.25 bits per heavy atom. The molecule has 11 heteroatoms. The van der Waals surface area contributed by atoms with Crippen molar-refractivity contribution in [1.82, 2.24) is 9.97 Å². The number of nitrogens with two attached hydrogens (primary N) is 1. The van der Waals surface area contributed by atoms with Crippen molar-refractivity contribution in [3.63, 3.8) is 0 Å². The van der Waals surface area contributed by atoms with Crippen molar-refractivity contribution in [2.45, 2.75) is 18.8 Å². The van der Waals surface area contributed by atoms with Crippen LogP contribution in [0.15, 0.2) is 6.07 Å². The number of rotatable bonds is 4. The van der Waals surface area contributed by atoms with E-state index in [1.807, 2.05) is 5.43 Å². The van der Waals surface area contributed by atoms with Gasteiger partial charge in [0, 0.05) is 19.7 Å². The number of halogens is 6. The fourth-order valence-electron chi connectivity index (χ4n) is 1.24. The molecule has 0 unspecified atom stereocenters. The summed E-state index contributed by atoms with van der Waals surface area (Å²) in [5.41, 5.74) is 1.91. The maximum Gasteiger partial charge on any atom is 0.451 e. The molecule has 0 amide bonds. The van der Waals surface area contributed by atoms with Crippen molar-refractivity contribution in [2.75, 3.05) is 23.9 Å². The Kier molecular flexibility index (Phi) is 4.63. The summed E-state index contributed by atoms with van der Waals surface area (Å²) < 4.78 is 73.8. The first-order valence-corrected chi connectivity index (χ1v) is 5.23. The fraction of sp³-hybridized carbons (Fsp3) is 0.556. The summed E-state index contributed by atoms with van der Waals surface area (Å²) in [7, 11) is 1.19. The average Bonchev–Trinajstić information content (AvgIpc) is 2.33. The smallest absolute Gasteiger partial charge is 0.359 e. The molecule has 1 aromatic heterocycles. The van der Waals surface area contributed by atoms with E-state index in [1.165, 1.54) is 7.05 Å². The van der Waals surface area contributed by atoms with Gasteiger partial charge in [-0.15, -0.1) is 0 Å². The number of alkyl halides is 6. The second kappa shape index (κ2) is 5.69. The maximum atomic E-state index is 12.5. The van der Waals surface area contributed by atoms with Crippen molar-refractivity contribution in [1.29, 1.82) is 0 Å². The molecule has 20 heavy (non-hydrogen) atoms. The van der Waals surface area contributed by atoms with Crippen LogP contribution in [0.2, 0.25) is 0 Å². The molecule has 0 spiro atoms. The standard InChI is InChI=1S/C9H11F6N5/c1-20(3-2-8(10,11)12)6-4-5(19-16)17-7(18-6)9(13,14)15/h4H,2-3,16H2,1H3,(H,17,18,19). The minimum atomic E-state index is -4.83. The maximum absolute atomic E-state index is 12.5. The molecule has 1 rings (SSSR count). The molecule has 0 aliphatic rings. The zero-order valence-electron chi connectivity index (χ0n) is 10.2. The fourth-order valence-corrected chi connectivity index (χ4v) is 1.24. The number of nitrogens with one attached hydrogen (secondary N) is 1. The molecule has 0 saturated carbocycles. The van der Waals surface area contributed by atoms with Gasteiger partial charge < -0.3 is 10.3 Å². The summed E-state index contributed by atoms with van der Waals surface area (Å²) in [4.78, 5) is 7.21. The molecule has 3 N–H and O–H groups in total. The normalized spacial score (nSPS) is 12.4. The van der Waals surface area contributed by atoms with Crippen molar-refractivity contribution in [3.05, 3.63) is 11.9 Å². The summed E-state index contributed by atoms with van der Waals surface area (Å²) in [6.07, 6.45) is -10.4. The summed E-state index contributed by atoms with van der Waals surface area (Å²) in [6, 6.07) is 1.02. The van der Waals surface area contributed by atoms with Crippen LogP contribution < -0.4 is 16.2 Å². The third-order valence-electron chi connectivity index (χ3n) is 2.24. The van der Waals surface area contributed by atoms with E-state index in [2.05, 4.69) is 9.97 Å². The lowest BCUT2D eigenvalue weighted by atomic mass is 10.3. The molecule has 1 heterocycles. The van der Waals surface area contributed by atoms with Gasteiger partial charge >= 0.3 is 12.4 Å². The number of hydrogen-bond donors (Lipinski definition) is 2. The zero-order chi connectivity index (χ0) is 15.6. The number of nitrogen functional groups attached to an aromatic ring is 1. The number of hydrogen-bond acceptors (Lipinski definition) is 5.